The molecule has 36 heavy (non-hydrogen) atoms. The van der Waals surface area contributed by atoms with Crippen LogP contribution in [0.5, 0.6) is 11.5 Å². The molecular weight excluding hydrogens is 552 g/mol. The molecular formula is C25H25BrN2O7S. The highest BCUT2D eigenvalue weighted by Gasteiger charge is 2.36. The Labute approximate surface area is 221 Å². The van der Waals surface area contributed by atoms with E-state index >= 15 is 0 Å². The van der Waals surface area contributed by atoms with Gasteiger partial charge < -0.3 is 19.5 Å². The predicted octanol–water partition coefficient (Wildman–Crippen LogP) is 4.77. The number of hydrogen-bond donors (Lipinski definition) is 1. The first kappa shape index (κ1) is 27.3. The standard InChI is InChI=1S/C25H25BrN2O7S/c1-4-33-19-11-16(12-20-24(31)28(25(32)36-20)13-22(30)34-5-2)10-18(26)23(19)35-14-21(29)27-17-8-6-15(3)7-9-17/h6-12H,4-5,13-14H2,1-3H3,(H,27,29)/b20-12+. The number of aryl methyl sites for hydroxylation is 1. The maximum atomic E-state index is 12.7. The van der Waals surface area contributed by atoms with Gasteiger partial charge in [-0.3, -0.25) is 24.1 Å². The van der Waals surface area contributed by atoms with Crippen LogP contribution in [0.3, 0.4) is 0 Å². The number of esters is 1. The fraction of sp³-hybridized carbons (Fsp3) is 0.280. The molecule has 0 atom stereocenters. The van der Waals surface area contributed by atoms with Crippen molar-refractivity contribution in [1.29, 1.82) is 0 Å². The van der Waals surface area contributed by atoms with Gasteiger partial charge in [0.15, 0.2) is 18.1 Å². The molecule has 1 heterocycles. The Morgan fingerprint density at radius 2 is 1.81 bits per heavy atom. The molecule has 11 heteroatoms. The van der Waals surface area contributed by atoms with E-state index in [-0.39, 0.29) is 24.0 Å². The average molecular weight is 577 g/mol. The summed E-state index contributed by atoms with van der Waals surface area (Å²) < 4.78 is 16.7. The van der Waals surface area contributed by atoms with Gasteiger partial charge in [0.25, 0.3) is 17.1 Å². The maximum absolute atomic E-state index is 12.7. The van der Waals surface area contributed by atoms with Crippen LogP contribution in [0.25, 0.3) is 6.08 Å². The largest absolute Gasteiger partial charge is 0.490 e. The van der Waals surface area contributed by atoms with Gasteiger partial charge in [-0.2, -0.15) is 0 Å². The van der Waals surface area contributed by atoms with Crippen LogP contribution < -0.4 is 14.8 Å². The molecule has 0 radical (unpaired) electrons. The van der Waals surface area contributed by atoms with Crippen LogP contribution >= 0.6 is 27.7 Å². The Hall–Kier alpha value is -3.31. The summed E-state index contributed by atoms with van der Waals surface area (Å²) in [4.78, 5) is 50.0. The minimum atomic E-state index is -0.657. The number of benzene rings is 2. The number of imide groups is 1. The fourth-order valence-electron chi connectivity index (χ4n) is 3.17. The molecule has 3 rings (SSSR count). The summed E-state index contributed by atoms with van der Waals surface area (Å²) in [6.07, 6.45) is 1.53. The number of nitrogens with zero attached hydrogens (tertiary/aromatic N) is 1. The SMILES string of the molecule is CCOC(=O)CN1C(=O)S/C(=C/c2cc(Br)c(OCC(=O)Nc3ccc(C)cc3)c(OCC)c2)C1=O. The summed E-state index contributed by atoms with van der Waals surface area (Å²) in [6, 6.07) is 10.7. The van der Waals surface area contributed by atoms with Crippen molar-refractivity contribution in [1.82, 2.24) is 4.90 Å². The Morgan fingerprint density at radius 1 is 1.08 bits per heavy atom. The van der Waals surface area contributed by atoms with E-state index in [4.69, 9.17) is 14.2 Å². The Kier molecular flexibility index (Phi) is 9.54. The smallest absolute Gasteiger partial charge is 0.326 e. The van der Waals surface area contributed by atoms with E-state index < -0.39 is 23.7 Å². The summed E-state index contributed by atoms with van der Waals surface area (Å²) >= 11 is 4.17. The van der Waals surface area contributed by atoms with Crippen LogP contribution in [0, 0.1) is 6.92 Å². The summed E-state index contributed by atoms with van der Waals surface area (Å²) in [5.74, 6) is -0.904. The van der Waals surface area contributed by atoms with E-state index in [0.717, 1.165) is 22.2 Å². The Bertz CT molecular complexity index is 1200. The van der Waals surface area contributed by atoms with E-state index in [1.807, 2.05) is 19.1 Å². The summed E-state index contributed by atoms with van der Waals surface area (Å²) in [5.41, 5.74) is 2.30. The van der Waals surface area contributed by atoms with Gasteiger partial charge in [-0.25, -0.2) is 0 Å². The molecule has 1 aliphatic rings. The van der Waals surface area contributed by atoms with Crippen molar-refractivity contribution in [3.8, 4) is 11.5 Å². The van der Waals surface area contributed by atoms with Crippen molar-refractivity contribution in [2.45, 2.75) is 20.8 Å². The van der Waals surface area contributed by atoms with Gasteiger partial charge >= 0.3 is 5.97 Å². The van der Waals surface area contributed by atoms with E-state index in [1.54, 1.807) is 38.1 Å². The van der Waals surface area contributed by atoms with Gasteiger partial charge in [0.2, 0.25) is 0 Å². The Morgan fingerprint density at radius 3 is 2.47 bits per heavy atom. The number of hydrogen-bond acceptors (Lipinski definition) is 8. The van der Waals surface area contributed by atoms with Crippen LogP contribution in [0.2, 0.25) is 0 Å². The lowest BCUT2D eigenvalue weighted by atomic mass is 10.2. The van der Waals surface area contributed by atoms with Crippen molar-refractivity contribution < 1.29 is 33.4 Å². The number of carbonyl (C=O) groups is 4. The highest BCUT2D eigenvalue weighted by Crippen LogP contribution is 2.39. The maximum Gasteiger partial charge on any atom is 0.326 e. The second kappa shape index (κ2) is 12.6. The van der Waals surface area contributed by atoms with Gasteiger partial charge in [-0.1, -0.05) is 17.7 Å². The zero-order chi connectivity index (χ0) is 26.2. The molecule has 0 aliphatic carbocycles. The van der Waals surface area contributed by atoms with Crippen LogP contribution in [0.1, 0.15) is 25.0 Å². The van der Waals surface area contributed by atoms with Gasteiger partial charge in [-0.05, 0) is 84.4 Å². The van der Waals surface area contributed by atoms with Gasteiger partial charge in [0.05, 0.1) is 22.6 Å². The molecule has 1 saturated heterocycles. The van der Waals surface area contributed by atoms with Crippen molar-refractivity contribution in [2.24, 2.45) is 0 Å². The lowest BCUT2D eigenvalue weighted by Gasteiger charge is -2.15. The molecule has 1 N–H and O–H groups in total. The molecule has 0 bridgehead atoms. The molecule has 0 spiro atoms. The van der Waals surface area contributed by atoms with Crippen molar-refractivity contribution in [3.05, 3.63) is 56.9 Å². The highest BCUT2D eigenvalue weighted by molar-refractivity contribution is 9.10. The molecule has 0 aromatic heterocycles. The van der Waals surface area contributed by atoms with Gasteiger partial charge in [-0.15, -0.1) is 0 Å². The number of anilines is 1. The third kappa shape index (κ3) is 7.11. The van der Waals surface area contributed by atoms with Crippen LogP contribution in [-0.2, 0) is 19.1 Å². The monoisotopic (exact) mass is 576 g/mol. The second-order valence-corrected chi connectivity index (χ2v) is 9.39. The van der Waals surface area contributed by atoms with Crippen LogP contribution in [-0.4, -0.2) is 54.3 Å². The first-order chi connectivity index (χ1) is 17.2. The van der Waals surface area contributed by atoms with Gasteiger partial charge in [0.1, 0.15) is 6.54 Å². The van der Waals surface area contributed by atoms with E-state index in [2.05, 4.69) is 21.2 Å². The molecule has 190 valence electrons. The van der Waals surface area contributed by atoms with Crippen LogP contribution in [0.15, 0.2) is 45.8 Å². The number of ether oxygens (including phenoxy) is 3. The van der Waals surface area contributed by atoms with Crippen molar-refractivity contribution in [2.75, 3.05) is 31.7 Å². The van der Waals surface area contributed by atoms with Gasteiger partial charge in [0, 0.05) is 5.69 Å². The first-order valence-electron chi connectivity index (χ1n) is 11.1. The molecule has 0 saturated carbocycles. The third-order valence-corrected chi connectivity index (χ3v) is 6.27. The molecule has 0 unspecified atom stereocenters. The average Bonchev–Trinajstić information content (AvgIpc) is 3.07. The van der Waals surface area contributed by atoms with E-state index in [0.29, 0.717) is 33.8 Å². The number of nitrogens with one attached hydrogen (secondary N) is 1. The minimum absolute atomic E-state index is 0.154. The fourth-order valence-corrected chi connectivity index (χ4v) is 4.58. The lowest BCUT2D eigenvalue weighted by molar-refractivity contribution is -0.146. The number of amides is 3. The van der Waals surface area contributed by atoms with Crippen LogP contribution in [0.4, 0.5) is 10.5 Å². The second-order valence-electron chi connectivity index (χ2n) is 7.54. The topological polar surface area (TPSA) is 111 Å². The summed E-state index contributed by atoms with van der Waals surface area (Å²) in [5, 5.41) is 2.21. The zero-order valence-corrected chi connectivity index (χ0v) is 22.4. The van der Waals surface area contributed by atoms with Crippen molar-refractivity contribution in [3.63, 3.8) is 0 Å². The number of carbonyl (C=O) groups excluding carboxylic acids is 4. The molecule has 2 aromatic rings. The molecule has 3 amide bonds. The minimum Gasteiger partial charge on any atom is -0.490 e. The Balaban J connectivity index is 1.74. The highest BCUT2D eigenvalue weighted by atomic mass is 79.9. The van der Waals surface area contributed by atoms with Crippen molar-refractivity contribution >= 4 is 62.5 Å². The van der Waals surface area contributed by atoms with E-state index in [9.17, 15) is 19.2 Å². The lowest BCUT2D eigenvalue weighted by Crippen LogP contribution is -2.34. The first-order valence-corrected chi connectivity index (χ1v) is 12.7. The third-order valence-electron chi connectivity index (χ3n) is 4.78. The molecule has 1 fully saturated rings. The molecule has 1 aliphatic heterocycles. The predicted molar refractivity (Wildman–Crippen MR) is 140 cm³/mol. The van der Waals surface area contributed by atoms with E-state index in [1.165, 1.54) is 6.08 Å². The number of rotatable bonds is 10. The quantitative estimate of drug-likeness (QED) is 0.318. The normalized spacial score (nSPS) is 14.2. The molecule has 9 nitrogen and oxygen atoms in total. The number of halogens is 1. The summed E-state index contributed by atoms with van der Waals surface area (Å²) in [7, 11) is 0. The molecule has 2 aromatic carbocycles. The summed E-state index contributed by atoms with van der Waals surface area (Å²) in [6.45, 7) is 5.19. The zero-order valence-electron chi connectivity index (χ0n) is 20.0. The number of thioether (sulfide) groups is 1.